The van der Waals surface area contributed by atoms with Crippen molar-refractivity contribution in [2.75, 3.05) is 7.05 Å². The SMILES string of the molecule is CCc1ccc(CC(NC)c2cc(I)ccc2Br)cc1. The lowest BCUT2D eigenvalue weighted by Crippen LogP contribution is -2.19. The van der Waals surface area contributed by atoms with Crippen LogP contribution in [0.5, 0.6) is 0 Å². The van der Waals surface area contributed by atoms with Crippen LogP contribution in [0.1, 0.15) is 29.7 Å². The van der Waals surface area contributed by atoms with E-state index in [9.17, 15) is 0 Å². The van der Waals surface area contributed by atoms with Crippen molar-refractivity contribution in [1.82, 2.24) is 5.32 Å². The molecule has 2 aromatic carbocycles. The summed E-state index contributed by atoms with van der Waals surface area (Å²) in [5.74, 6) is 0. The van der Waals surface area contributed by atoms with Crippen molar-refractivity contribution < 1.29 is 0 Å². The van der Waals surface area contributed by atoms with Crippen LogP contribution in [0.2, 0.25) is 0 Å². The molecule has 0 heterocycles. The Balaban J connectivity index is 2.21. The van der Waals surface area contributed by atoms with Crippen LogP contribution in [0.25, 0.3) is 0 Å². The fraction of sp³-hybridized carbons (Fsp3) is 0.294. The minimum Gasteiger partial charge on any atom is -0.313 e. The topological polar surface area (TPSA) is 12.0 Å². The molecule has 2 rings (SSSR count). The van der Waals surface area contributed by atoms with Gasteiger partial charge in [0.05, 0.1) is 0 Å². The summed E-state index contributed by atoms with van der Waals surface area (Å²) in [4.78, 5) is 0. The molecule has 0 aromatic heterocycles. The first-order valence-corrected chi connectivity index (χ1v) is 8.71. The van der Waals surface area contributed by atoms with Crippen LogP contribution in [-0.2, 0) is 12.8 Å². The predicted octanol–water partition coefficient (Wildman–Crippen LogP) is 5.12. The fourth-order valence-electron chi connectivity index (χ4n) is 2.30. The molecule has 0 aliphatic rings. The van der Waals surface area contributed by atoms with Gasteiger partial charge in [-0.15, -0.1) is 0 Å². The Morgan fingerprint density at radius 3 is 2.35 bits per heavy atom. The summed E-state index contributed by atoms with van der Waals surface area (Å²) < 4.78 is 2.44. The molecule has 0 saturated heterocycles. The van der Waals surface area contributed by atoms with Crippen LogP contribution < -0.4 is 5.32 Å². The van der Waals surface area contributed by atoms with Gasteiger partial charge >= 0.3 is 0 Å². The largest absolute Gasteiger partial charge is 0.313 e. The van der Waals surface area contributed by atoms with Crippen LogP contribution in [0.3, 0.4) is 0 Å². The Hall–Kier alpha value is -0.390. The van der Waals surface area contributed by atoms with Gasteiger partial charge in [0.25, 0.3) is 0 Å². The minimum atomic E-state index is 0.326. The first-order chi connectivity index (χ1) is 9.63. The second-order valence-electron chi connectivity index (χ2n) is 4.88. The maximum Gasteiger partial charge on any atom is 0.0370 e. The molecule has 2 aromatic rings. The molecule has 0 aliphatic carbocycles. The van der Waals surface area contributed by atoms with Gasteiger partial charge in [-0.05, 0) is 77.4 Å². The van der Waals surface area contributed by atoms with E-state index in [0.717, 1.165) is 12.8 Å². The van der Waals surface area contributed by atoms with Gasteiger partial charge in [0.15, 0.2) is 0 Å². The van der Waals surface area contributed by atoms with E-state index >= 15 is 0 Å². The second-order valence-corrected chi connectivity index (χ2v) is 6.98. The van der Waals surface area contributed by atoms with Crippen molar-refractivity contribution in [3.63, 3.8) is 0 Å². The number of benzene rings is 2. The Bertz CT molecular complexity index is 566. The fourth-order valence-corrected chi connectivity index (χ4v) is 3.33. The maximum atomic E-state index is 3.66. The number of hydrogen-bond donors (Lipinski definition) is 1. The summed E-state index contributed by atoms with van der Waals surface area (Å²) in [7, 11) is 2.03. The van der Waals surface area contributed by atoms with E-state index in [2.05, 4.69) is 93.2 Å². The summed E-state index contributed by atoms with van der Waals surface area (Å²) in [5.41, 5.74) is 4.08. The minimum absolute atomic E-state index is 0.326. The molecule has 0 amide bonds. The molecule has 106 valence electrons. The molecule has 0 fully saturated rings. The predicted molar refractivity (Wildman–Crippen MR) is 98.2 cm³/mol. The first kappa shape index (κ1) is 16.0. The number of rotatable bonds is 5. The number of aryl methyl sites for hydroxylation is 1. The lowest BCUT2D eigenvalue weighted by atomic mass is 9.98. The van der Waals surface area contributed by atoms with Gasteiger partial charge in [-0.25, -0.2) is 0 Å². The Morgan fingerprint density at radius 2 is 1.75 bits per heavy atom. The quantitative estimate of drug-likeness (QED) is 0.632. The highest BCUT2D eigenvalue weighted by atomic mass is 127. The lowest BCUT2D eigenvalue weighted by molar-refractivity contribution is 0.589. The molecule has 20 heavy (non-hydrogen) atoms. The zero-order valence-electron chi connectivity index (χ0n) is 11.8. The average Bonchev–Trinajstić information content (AvgIpc) is 2.48. The molecule has 0 radical (unpaired) electrons. The van der Waals surface area contributed by atoms with Crippen LogP contribution in [0.4, 0.5) is 0 Å². The van der Waals surface area contributed by atoms with Gasteiger partial charge in [0, 0.05) is 14.1 Å². The molecular formula is C17H19BrIN. The van der Waals surface area contributed by atoms with E-state index in [1.54, 1.807) is 0 Å². The Kier molecular flexibility index (Phi) is 6.05. The zero-order valence-corrected chi connectivity index (χ0v) is 15.5. The van der Waals surface area contributed by atoms with Crippen molar-refractivity contribution in [2.24, 2.45) is 0 Å². The van der Waals surface area contributed by atoms with E-state index in [-0.39, 0.29) is 0 Å². The third kappa shape index (κ3) is 4.06. The van der Waals surface area contributed by atoms with Crippen LogP contribution in [-0.4, -0.2) is 7.05 Å². The van der Waals surface area contributed by atoms with Crippen molar-refractivity contribution in [2.45, 2.75) is 25.8 Å². The van der Waals surface area contributed by atoms with E-state index in [4.69, 9.17) is 0 Å². The van der Waals surface area contributed by atoms with Gasteiger partial charge in [-0.2, -0.15) is 0 Å². The van der Waals surface area contributed by atoms with E-state index in [1.807, 2.05) is 7.05 Å². The first-order valence-electron chi connectivity index (χ1n) is 6.84. The second kappa shape index (κ2) is 7.57. The summed E-state index contributed by atoms with van der Waals surface area (Å²) in [6.07, 6.45) is 2.09. The number of nitrogens with one attached hydrogen (secondary N) is 1. The highest BCUT2D eigenvalue weighted by Gasteiger charge is 2.13. The van der Waals surface area contributed by atoms with Crippen LogP contribution >= 0.6 is 38.5 Å². The molecular weight excluding hydrogens is 425 g/mol. The monoisotopic (exact) mass is 443 g/mol. The van der Waals surface area contributed by atoms with E-state index in [0.29, 0.717) is 6.04 Å². The lowest BCUT2D eigenvalue weighted by Gasteiger charge is -2.19. The Morgan fingerprint density at radius 1 is 1.10 bits per heavy atom. The molecule has 0 saturated carbocycles. The molecule has 3 heteroatoms. The highest BCUT2D eigenvalue weighted by molar-refractivity contribution is 14.1. The maximum absolute atomic E-state index is 3.66. The highest BCUT2D eigenvalue weighted by Crippen LogP contribution is 2.27. The van der Waals surface area contributed by atoms with Crippen molar-refractivity contribution >= 4 is 38.5 Å². The van der Waals surface area contributed by atoms with E-state index < -0.39 is 0 Å². The number of likely N-dealkylation sites (N-methyl/N-ethyl adjacent to an activating group) is 1. The third-order valence-corrected chi connectivity index (χ3v) is 4.95. The van der Waals surface area contributed by atoms with Crippen molar-refractivity contribution in [1.29, 1.82) is 0 Å². The molecule has 1 unspecified atom stereocenters. The van der Waals surface area contributed by atoms with Gasteiger partial charge in [0.1, 0.15) is 0 Å². The van der Waals surface area contributed by atoms with Gasteiger partial charge in [-0.3, -0.25) is 0 Å². The molecule has 0 spiro atoms. The normalized spacial score (nSPS) is 12.4. The van der Waals surface area contributed by atoms with E-state index in [1.165, 1.54) is 24.7 Å². The standard InChI is InChI=1S/C17H19BrIN/c1-3-12-4-6-13(7-5-12)10-17(20-2)15-11-14(19)8-9-16(15)18/h4-9,11,17,20H,3,10H2,1-2H3. The Labute approximate surface area is 143 Å². The average molecular weight is 444 g/mol. The zero-order chi connectivity index (χ0) is 14.5. The van der Waals surface area contributed by atoms with Crippen LogP contribution in [0, 0.1) is 3.57 Å². The number of halogens is 2. The van der Waals surface area contributed by atoms with Crippen molar-refractivity contribution in [3.8, 4) is 0 Å². The summed E-state index contributed by atoms with van der Waals surface area (Å²) in [6.45, 7) is 2.19. The third-order valence-electron chi connectivity index (χ3n) is 3.55. The van der Waals surface area contributed by atoms with Gasteiger partial charge in [-0.1, -0.05) is 47.1 Å². The molecule has 0 aliphatic heterocycles. The van der Waals surface area contributed by atoms with Crippen LogP contribution in [0.15, 0.2) is 46.9 Å². The molecule has 1 nitrogen and oxygen atoms in total. The summed E-state index contributed by atoms with van der Waals surface area (Å²) in [6, 6.07) is 15.8. The summed E-state index contributed by atoms with van der Waals surface area (Å²) >= 11 is 6.03. The number of hydrogen-bond acceptors (Lipinski definition) is 1. The molecule has 1 atom stereocenters. The smallest absolute Gasteiger partial charge is 0.0370 e. The summed E-state index contributed by atoms with van der Waals surface area (Å²) in [5, 5.41) is 3.43. The van der Waals surface area contributed by atoms with Crippen molar-refractivity contribution in [3.05, 3.63) is 67.2 Å². The molecule has 0 bridgehead atoms. The van der Waals surface area contributed by atoms with Gasteiger partial charge < -0.3 is 5.32 Å². The molecule has 1 N–H and O–H groups in total. The van der Waals surface area contributed by atoms with Gasteiger partial charge in [0.2, 0.25) is 0 Å².